The molecule has 1 fully saturated rings. The SMILES string of the molecule is NC(=O)c1noc(CN2CCCN(C(=O)c3cnc4ccccc4n3)CC2)n1. The minimum absolute atomic E-state index is 0.128. The second-order valence-electron chi connectivity index (χ2n) is 6.54. The third-order valence-electron chi connectivity index (χ3n) is 4.59. The van der Waals surface area contributed by atoms with E-state index < -0.39 is 5.91 Å². The number of hydrogen-bond donors (Lipinski definition) is 1. The number of nitrogens with two attached hydrogens (primary N) is 1. The number of primary amides is 1. The van der Waals surface area contributed by atoms with Crippen molar-refractivity contribution in [3.63, 3.8) is 0 Å². The molecule has 2 N–H and O–H groups in total. The van der Waals surface area contributed by atoms with E-state index in [0.29, 0.717) is 43.3 Å². The van der Waals surface area contributed by atoms with E-state index in [1.54, 1.807) is 4.90 Å². The molecule has 1 aliphatic heterocycles. The summed E-state index contributed by atoms with van der Waals surface area (Å²) < 4.78 is 5.05. The fourth-order valence-corrected chi connectivity index (χ4v) is 3.16. The molecule has 0 atom stereocenters. The quantitative estimate of drug-likeness (QED) is 0.689. The fraction of sp³-hybridized carbons (Fsp3) is 0.333. The summed E-state index contributed by atoms with van der Waals surface area (Å²) >= 11 is 0. The Morgan fingerprint density at radius 2 is 1.89 bits per heavy atom. The summed E-state index contributed by atoms with van der Waals surface area (Å²) in [6.45, 7) is 2.98. The Hall–Kier alpha value is -3.40. The van der Waals surface area contributed by atoms with E-state index in [1.807, 2.05) is 24.3 Å². The molecule has 3 heterocycles. The molecule has 0 saturated carbocycles. The highest BCUT2D eigenvalue weighted by molar-refractivity contribution is 5.93. The predicted octanol–water partition coefficient (Wildman–Crippen LogP) is 0.460. The van der Waals surface area contributed by atoms with Crippen LogP contribution in [-0.2, 0) is 6.54 Å². The van der Waals surface area contributed by atoms with Crippen LogP contribution in [0, 0.1) is 0 Å². The number of carbonyl (C=O) groups is 2. The van der Waals surface area contributed by atoms with Crippen molar-refractivity contribution in [2.24, 2.45) is 5.73 Å². The topological polar surface area (TPSA) is 131 Å². The minimum atomic E-state index is -0.723. The van der Waals surface area contributed by atoms with Crippen molar-refractivity contribution in [3.8, 4) is 0 Å². The van der Waals surface area contributed by atoms with E-state index in [-0.39, 0.29) is 11.7 Å². The van der Waals surface area contributed by atoms with Crippen LogP contribution in [0.1, 0.15) is 33.4 Å². The Morgan fingerprint density at radius 3 is 2.68 bits per heavy atom. The Bertz CT molecular complexity index is 1020. The van der Waals surface area contributed by atoms with Gasteiger partial charge in [0.2, 0.25) is 5.89 Å². The molecule has 2 amide bonds. The van der Waals surface area contributed by atoms with Gasteiger partial charge in [-0.3, -0.25) is 19.5 Å². The first kappa shape index (κ1) is 18.0. The maximum Gasteiger partial charge on any atom is 0.290 e. The molecule has 0 unspecified atom stereocenters. The molecule has 2 aromatic heterocycles. The second kappa shape index (κ2) is 7.69. The molecule has 144 valence electrons. The molecule has 28 heavy (non-hydrogen) atoms. The normalized spacial score (nSPS) is 15.5. The van der Waals surface area contributed by atoms with Crippen molar-refractivity contribution < 1.29 is 14.1 Å². The van der Waals surface area contributed by atoms with Gasteiger partial charge >= 0.3 is 0 Å². The van der Waals surface area contributed by atoms with Crippen LogP contribution in [0.15, 0.2) is 35.0 Å². The second-order valence-corrected chi connectivity index (χ2v) is 6.54. The summed E-state index contributed by atoms with van der Waals surface area (Å²) in [5.74, 6) is -0.654. The van der Waals surface area contributed by atoms with Crippen LogP contribution in [0.3, 0.4) is 0 Å². The summed E-state index contributed by atoms with van der Waals surface area (Å²) in [7, 11) is 0. The van der Waals surface area contributed by atoms with Gasteiger partial charge in [0.05, 0.1) is 23.8 Å². The molecule has 1 aromatic carbocycles. The average molecular weight is 381 g/mol. The van der Waals surface area contributed by atoms with E-state index in [4.69, 9.17) is 10.3 Å². The van der Waals surface area contributed by atoms with Crippen LogP contribution in [-0.4, -0.2) is 67.9 Å². The van der Waals surface area contributed by atoms with Gasteiger partial charge in [0, 0.05) is 26.2 Å². The van der Waals surface area contributed by atoms with Gasteiger partial charge in [0.1, 0.15) is 5.69 Å². The molecule has 4 rings (SSSR count). The summed E-state index contributed by atoms with van der Waals surface area (Å²) in [5.41, 5.74) is 6.94. The third kappa shape index (κ3) is 3.81. The van der Waals surface area contributed by atoms with Crippen molar-refractivity contribution in [1.82, 2.24) is 29.9 Å². The molecular weight excluding hydrogens is 362 g/mol. The van der Waals surface area contributed by atoms with Gasteiger partial charge in [-0.15, -0.1) is 0 Å². The smallest absolute Gasteiger partial charge is 0.290 e. The highest BCUT2D eigenvalue weighted by atomic mass is 16.5. The number of amides is 2. The van der Waals surface area contributed by atoms with Crippen LogP contribution in [0.25, 0.3) is 11.0 Å². The standard InChI is InChI=1S/C18H19N7O3/c19-16(26)17-22-15(28-23-17)11-24-6-3-7-25(9-8-24)18(27)14-10-20-12-4-1-2-5-13(12)21-14/h1-2,4-5,10H,3,6-9,11H2,(H2,19,26). The Labute approximate surface area is 160 Å². The van der Waals surface area contributed by atoms with Crippen LogP contribution in [0.5, 0.6) is 0 Å². The van der Waals surface area contributed by atoms with Crippen LogP contribution in [0.4, 0.5) is 0 Å². The van der Waals surface area contributed by atoms with Gasteiger partial charge in [-0.2, -0.15) is 4.98 Å². The fourth-order valence-electron chi connectivity index (χ4n) is 3.16. The lowest BCUT2D eigenvalue weighted by molar-refractivity contribution is 0.0754. The molecule has 0 bridgehead atoms. The molecule has 0 aliphatic carbocycles. The molecule has 10 nitrogen and oxygen atoms in total. The van der Waals surface area contributed by atoms with Crippen molar-refractivity contribution in [2.75, 3.05) is 26.2 Å². The molecule has 10 heteroatoms. The summed E-state index contributed by atoms with van der Waals surface area (Å²) in [6, 6.07) is 7.46. The number of benzene rings is 1. The number of nitrogens with zero attached hydrogens (tertiary/aromatic N) is 6. The van der Waals surface area contributed by atoms with E-state index in [0.717, 1.165) is 18.5 Å². The number of hydrogen-bond acceptors (Lipinski definition) is 8. The summed E-state index contributed by atoms with van der Waals surface area (Å²) in [5, 5.41) is 3.55. The zero-order valence-corrected chi connectivity index (χ0v) is 15.1. The van der Waals surface area contributed by atoms with Crippen LogP contribution >= 0.6 is 0 Å². The first-order valence-electron chi connectivity index (χ1n) is 8.96. The number of fused-ring (bicyclic) bond motifs is 1. The third-order valence-corrected chi connectivity index (χ3v) is 4.59. The van der Waals surface area contributed by atoms with Gasteiger partial charge in [-0.1, -0.05) is 17.3 Å². The van der Waals surface area contributed by atoms with E-state index >= 15 is 0 Å². The van der Waals surface area contributed by atoms with Gasteiger partial charge < -0.3 is 15.2 Å². The minimum Gasteiger partial charge on any atom is -0.363 e. The zero-order chi connectivity index (χ0) is 19.5. The Morgan fingerprint density at radius 1 is 1.07 bits per heavy atom. The summed E-state index contributed by atoms with van der Waals surface area (Å²) in [6.07, 6.45) is 2.32. The first-order valence-corrected chi connectivity index (χ1v) is 8.96. The molecular formula is C18H19N7O3. The van der Waals surface area contributed by atoms with Gasteiger partial charge in [0.15, 0.2) is 0 Å². The van der Waals surface area contributed by atoms with E-state index in [2.05, 4.69) is 25.0 Å². The van der Waals surface area contributed by atoms with Crippen LogP contribution in [0.2, 0.25) is 0 Å². The lowest BCUT2D eigenvalue weighted by atomic mass is 10.2. The highest BCUT2D eigenvalue weighted by Gasteiger charge is 2.23. The molecule has 1 saturated heterocycles. The lowest BCUT2D eigenvalue weighted by Crippen LogP contribution is -2.35. The first-order chi connectivity index (χ1) is 13.6. The zero-order valence-electron chi connectivity index (χ0n) is 15.1. The monoisotopic (exact) mass is 381 g/mol. The van der Waals surface area contributed by atoms with Crippen molar-refractivity contribution in [3.05, 3.63) is 47.9 Å². The number of rotatable bonds is 4. The highest BCUT2D eigenvalue weighted by Crippen LogP contribution is 2.13. The lowest BCUT2D eigenvalue weighted by Gasteiger charge is -2.20. The molecule has 1 aliphatic rings. The van der Waals surface area contributed by atoms with Gasteiger partial charge in [-0.25, -0.2) is 4.98 Å². The average Bonchev–Trinajstić information content (AvgIpc) is 3.06. The number of aromatic nitrogens is 4. The van der Waals surface area contributed by atoms with Gasteiger partial charge in [-0.05, 0) is 18.6 Å². The Balaban J connectivity index is 1.41. The predicted molar refractivity (Wildman–Crippen MR) is 98.2 cm³/mol. The number of carbonyl (C=O) groups excluding carboxylic acids is 2. The van der Waals surface area contributed by atoms with Crippen molar-refractivity contribution >= 4 is 22.8 Å². The molecule has 0 spiro atoms. The maximum atomic E-state index is 12.9. The van der Waals surface area contributed by atoms with E-state index in [1.165, 1.54) is 6.20 Å². The largest absolute Gasteiger partial charge is 0.363 e. The van der Waals surface area contributed by atoms with Gasteiger partial charge in [0.25, 0.3) is 17.6 Å². The number of para-hydroxylation sites is 2. The van der Waals surface area contributed by atoms with E-state index in [9.17, 15) is 9.59 Å². The Kier molecular flexibility index (Phi) is 4.94. The summed E-state index contributed by atoms with van der Waals surface area (Å²) in [4.78, 5) is 40.5. The maximum absolute atomic E-state index is 12.9. The van der Waals surface area contributed by atoms with Crippen molar-refractivity contribution in [2.45, 2.75) is 13.0 Å². The molecule has 3 aromatic rings. The van der Waals surface area contributed by atoms with Crippen LogP contribution < -0.4 is 5.73 Å². The molecule has 0 radical (unpaired) electrons. The van der Waals surface area contributed by atoms with Crippen molar-refractivity contribution in [1.29, 1.82) is 0 Å².